The van der Waals surface area contributed by atoms with Crippen LogP contribution in [0.3, 0.4) is 0 Å². The fourth-order valence-electron chi connectivity index (χ4n) is 4.83. The van der Waals surface area contributed by atoms with Crippen molar-refractivity contribution in [2.75, 3.05) is 20.1 Å². The third kappa shape index (κ3) is 5.99. The molecule has 1 aliphatic rings. The summed E-state index contributed by atoms with van der Waals surface area (Å²) in [6.45, 7) is 1.31. The summed E-state index contributed by atoms with van der Waals surface area (Å²) in [6, 6.07) is 2.30. The average molecular weight is 640 g/mol. The predicted molar refractivity (Wildman–Crippen MR) is 151 cm³/mol. The summed E-state index contributed by atoms with van der Waals surface area (Å²) in [5, 5.41) is 3.17. The first-order chi connectivity index (χ1) is 20.3. The Balaban J connectivity index is 1.54. The predicted octanol–water partition coefficient (Wildman–Crippen LogP) is 2.95. The molecule has 16 heteroatoms. The molecule has 228 valence electrons. The molecule has 43 heavy (non-hydrogen) atoms. The van der Waals surface area contributed by atoms with Gasteiger partial charge in [0.15, 0.2) is 0 Å². The van der Waals surface area contributed by atoms with E-state index in [2.05, 4.69) is 9.89 Å². The van der Waals surface area contributed by atoms with Crippen LogP contribution in [0.2, 0.25) is 0 Å². The minimum atomic E-state index is -4.90. The van der Waals surface area contributed by atoms with Gasteiger partial charge in [0.2, 0.25) is 4.80 Å². The largest absolute Gasteiger partial charge is 0.419 e. The zero-order valence-electron chi connectivity index (χ0n) is 23.1. The third-order valence-corrected chi connectivity index (χ3v) is 9.19. The SMILES string of the molecule is CN1CCC(C(=O)On2c(-c3ccc(C(F)(F)F)c(F)c3)csc2=NC(=O)Cc2csc3c2c(=O)n(C)c(=O)n3C)CC1. The Morgan fingerprint density at radius 1 is 1.05 bits per heavy atom. The molecule has 5 rings (SSSR count). The van der Waals surface area contributed by atoms with Crippen LogP contribution in [0.15, 0.2) is 43.5 Å². The lowest BCUT2D eigenvalue weighted by atomic mass is 9.98. The number of aromatic nitrogens is 3. The molecule has 3 aromatic heterocycles. The summed E-state index contributed by atoms with van der Waals surface area (Å²) < 4.78 is 57.1. The first-order valence-electron chi connectivity index (χ1n) is 13.0. The molecule has 1 amide bonds. The van der Waals surface area contributed by atoms with Gasteiger partial charge in [-0.3, -0.25) is 18.7 Å². The van der Waals surface area contributed by atoms with Gasteiger partial charge in [0, 0.05) is 25.0 Å². The number of carbonyl (C=O) groups is 2. The van der Waals surface area contributed by atoms with E-state index in [1.165, 1.54) is 24.0 Å². The number of fused-ring (bicyclic) bond motifs is 1. The number of thiophene rings is 1. The maximum atomic E-state index is 14.5. The van der Waals surface area contributed by atoms with Gasteiger partial charge in [-0.2, -0.15) is 18.2 Å². The summed E-state index contributed by atoms with van der Waals surface area (Å²) >= 11 is 1.99. The molecule has 1 saturated heterocycles. The van der Waals surface area contributed by atoms with Crippen LogP contribution in [0.5, 0.6) is 0 Å². The van der Waals surface area contributed by atoms with Crippen molar-refractivity contribution in [2.45, 2.75) is 25.4 Å². The first-order valence-corrected chi connectivity index (χ1v) is 14.7. The van der Waals surface area contributed by atoms with Gasteiger partial charge >= 0.3 is 17.8 Å². The molecule has 0 radical (unpaired) electrons. The second kappa shape index (κ2) is 11.7. The molecular weight excluding hydrogens is 614 g/mol. The number of hydrogen-bond donors (Lipinski definition) is 0. The van der Waals surface area contributed by atoms with E-state index >= 15 is 0 Å². The summed E-state index contributed by atoms with van der Waals surface area (Å²) in [5.41, 5.74) is -2.18. The summed E-state index contributed by atoms with van der Waals surface area (Å²) in [5.74, 6) is -3.32. The number of alkyl halides is 3. The van der Waals surface area contributed by atoms with Crippen molar-refractivity contribution >= 4 is 44.8 Å². The van der Waals surface area contributed by atoms with E-state index in [4.69, 9.17) is 4.84 Å². The van der Waals surface area contributed by atoms with Crippen LogP contribution in [0.25, 0.3) is 21.5 Å². The maximum absolute atomic E-state index is 14.5. The van der Waals surface area contributed by atoms with Gasteiger partial charge in [-0.25, -0.2) is 14.0 Å². The Morgan fingerprint density at radius 3 is 2.40 bits per heavy atom. The molecule has 0 bridgehead atoms. The van der Waals surface area contributed by atoms with Crippen molar-refractivity contribution in [3.05, 3.63) is 71.5 Å². The monoisotopic (exact) mass is 639 g/mol. The van der Waals surface area contributed by atoms with Crippen LogP contribution >= 0.6 is 22.7 Å². The van der Waals surface area contributed by atoms with Gasteiger partial charge in [-0.1, -0.05) is 6.07 Å². The Bertz CT molecular complexity index is 1930. The maximum Gasteiger partial charge on any atom is 0.419 e. The molecule has 0 N–H and O–H groups in total. The fourth-order valence-corrected chi connectivity index (χ4v) is 6.69. The zero-order chi connectivity index (χ0) is 31.2. The summed E-state index contributed by atoms with van der Waals surface area (Å²) in [7, 11) is 4.76. The Labute approximate surface area is 248 Å². The molecule has 1 aromatic carbocycles. The Hall–Kier alpha value is -3.89. The van der Waals surface area contributed by atoms with Gasteiger partial charge in [0.05, 0.1) is 23.3 Å². The highest BCUT2D eigenvalue weighted by Crippen LogP contribution is 2.33. The molecular formula is C27H25F4N5O5S2. The zero-order valence-corrected chi connectivity index (χ0v) is 24.7. The van der Waals surface area contributed by atoms with Crippen LogP contribution in [0, 0.1) is 11.7 Å². The number of thiazole rings is 1. The van der Waals surface area contributed by atoms with Crippen molar-refractivity contribution in [2.24, 2.45) is 25.0 Å². The quantitative estimate of drug-likeness (QED) is 0.311. The van der Waals surface area contributed by atoms with E-state index in [0.717, 1.165) is 38.0 Å². The molecule has 1 fully saturated rings. The van der Waals surface area contributed by atoms with Gasteiger partial charge in [0.1, 0.15) is 16.3 Å². The van der Waals surface area contributed by atoms with E-state index in [1.807, 2.05) is 7.05 Å². The summed E-state index contributed by atoms with van der Waals surface area (Å²) in [4.78, 5) is 63.3. The van der Waals surface area contributed by atoms with Crippen LogP contribution in [0.1, 0.15) is 24.0 Å². The van der Waals surface area contributed by atoms with Gasteiger partial charge in [-0.15, -0.1) is 27.4 Å². The molecule has 0 atom stereocenters. The van der Waals surface area contributed by atoms with Crippen molar-refractivity contribution in [3.8, 4) is 11.3 Å². The number of likely N-dealkylation sites (tertiary alicyclic amines) is 1. The van der Waals surface area contributed by atoms with Crippen LogP contribution < -0.4 is 20.9 Å². The Kier molecular flexibility index (Phi) is 8.28. The molecule has 10 nitrogen and oxygen atoms in total. The number of piperidine rings is 1. The number of carbonyl (C=O) groups excluding carboxylic acids is 2. The lowest BCUT2D eigenvalue weighted by Crippen LogP contribution is -2.39. The minimum Gasteiger partial charge on any atom is -0.333 e. The second-order valence-corrected chi connectivity index (χ2v) is 11.9. The number of nitrogens with zero attached hydrogens (tertiary/aromatic N) is 5. The highest BCUT2D eigenvalue weighted by atomic mass is 32.1. The molecule has 1 aliphatic heterocycles. The summed E-state index contributed by atoms with van der Waals surface area (Å²) in [6.07, 6.45) is -4.20. The lowest BCUT2D eigenvalue weighted by molar-refractivity contribution is -0.150. The van der Waals surface area contributed by atoms with E-state index in [-0.39, 0.29) is 27.9 Å². The van der Waals surface area contributed by atoms with E-state index in [9.17, 15) is 36.7 Å². The molecule has 0 saturated carbocycles. The third-order valence-electron chi connectivity index (χ3n) is 7.28. The van der Waals surface area contributed by atoms with Crippen molar-refractivity contribution in [1.82, 2.24) is 18.8 Å². The molecule has 4 heterocycles. The molecule has 0 unspecified atom stereocenters. The number of aryl methyl sites for hydroxylation is 1. The van der Waals surface area contributed by atoms with Gasteiger partial charge in [0.25, 0.3) is 11.5 Å². The number of benzene rings is 1. The molecule has 0 spiro atoms. The first kappa shape index (κ1) is 30.6. The number of rotatable bonds is 5. The molecule has 4 aromatic rings. The van der Waals surface area contributed by atoms with E-state index < -0.39 is 46.6 Å². The Morgan fingerprint density at radius 2 is 1.74 bits per heavy atom. The fraction of sp³-hybridized carbons (Fsp3) is 0.370. The number of hydrogen-bond acceptors (Lipinski definition) is 8. The second-order valence-electron chi connectivity index (χ2n) is 10.2. The van der Waals surface area contributed by atoms with Gasteiger partial charge < -0.3 is 9.74 Å². The van der Waals surface area contributed by atoms with E-state index in [1.54, 1.807) is 5.38 Å². The molecule has 0 aliphatic carbocycles. The lowest BCUT2D eigenvalue weighted by Gasteiger charge is -2.27. The topological polar surface area (TPSA) is 108 Å². The van der Waals surface area contributed by atoms with Crippen molar-refractivity contribution in [1.29, 1.82) is 0 Å². The standard InChI is InChI=1S/C27H25F4N5O5S2/c1-33-8-6-14(7-9-33)24(39)41-36-19(15-4-5-17(18(28)10-15)27(29,30)31)13-43-25(36)32-20(37)11-16-12-42-23-21(16)22(38)34(2)26(40)35(23)3/h4-5,10,12-14H,6-9,11H2,1-3H3. The number of amides is 1. The highest BCUT2D eigenvalue weighted by Gasteiger charge is 2.34. The average Bonchev–Trinajstić information content (AvgIpc) is 3.54. The smallest absolute Gasteiger partial charge is 0.333 e. The van der Waals surface area contributed by atoms with Gasteiger partial charge in [-0.05, 0) is 56.1 Å². The van der Waals surface area contributed by atoms with Crippen molar-refractivity contribution in [3.63, 3.8) is 0 Å². The normalized spacial score (nSPS) is 15.4. The minimum absolute atomic E-state index is 0.0234. The highest BCUT2D eigenvalue weighted by molar-refractivity contribution is 7.17. The number of halogens is 4. The van der Waals surface area contributed by atoms with E-state index in [0.29, 0.717) is 48.5 Å². The van der Waals surface area contributed by atoms with Crippen molar-refractivity contribution < 1.29 is 32.0 Å². The van der Waals surface area contributed by atoms with Crippen LogP contribution in [0.4, 0.5) is 17.6 Å². The van der Waals surface area contributed by atoms with Crippen LogP contribution in [-0.2, 0) is 36.3 Å². The van der Waals surface area contributed by atoms with Crippen LogP contribution in [-0.4, -0.2) is 50.8 Å².